The number of fused-ring (bicyclic) bond motifs is 1. The Kier molecular flexibility index (Phi) is 7.13. The molecule has 1 aliphatic rings. The maximum absolute atomic E-state index is 4.39. The van der Waals surface area contributed by atoms with Crippen molar-refractivity contribution in [3.05, 3.63) is 36.0 Å². The zero-order chi connectivity index (χ0) is 17.1. The lowest BCUT2D eigenvalue weighted by atomic mass is 10.1. The third kappa shape index (κ3) is 4.88. The van der Waals surface area contributed by atoms with Crippen molar-refractivity contribution in [1.82, 2.24) is 20.5 Å². The lowest BCUT2D eigenvalue weighted by molar-refractivity contribution is 0.265. The van der Waals surface area contributed by atoms with Crippen LogP contribution in [0.4, 0.5) is 0 Å². The van der Waals surface area contributed by atoms with Crippen LogP contribution in [0.15, 0.2) is 35.3 Å². The first-order valence-corrected chi connectivity index (χ1v) is 8.84. The Bertz CT molecular complexity index is 676. The first-order chi connectivity index (χ1) is 11.6. The number of aliphatic imine (C=N–C) groups is 1. The summed E-state index contributed by atoms with van der Waals surface area (Å²) in [5.74, 6) is 1.50. The number of guanidine groups is 1. The summed E-state index contributed by atoms with van der Waals surface area (Å²) in [6.07, 6.45) is 0. The number of aromatic nitrogens is 1. The lowest BCUT2D eigenvalue weighted by Gasteiger charge is -2.21. The Hall–Kier alpha value is -1.28. The van der Waals surface area contributed by atoms with Crippen LogP contribution in [-0.4, -0.2) is 48.1 Å². The number of H-pyrrole nitrogens is 1. The lowest BCUT2D eigenvalue weighted by Crippen LogP contribution is -2.46. The van der Waals surface area contributed by atoms with Gasteiger partial charge in [-0.2, -0.15) is 0 Å². The van der Waals surface area contributed by atoms with Crippen molar-refractivity contribution in [2.45, 2.75) is 39.4 Å². The largest absolute Gasteiger partial charge is 0.357 e. The van der Waals surface area contributed by atoms with Gasteiger partial charge in [-0.15, -0.1) is 24.0 Å². The van der Waals surface area contributed by atoms with Crippen LogP contribution in [0.3, 0.4) is 0 Å². The van der Waals surface area contributed by atoms with Gasteiger partial charge in [-0.1, -0.05) is 25.1 Å². The third-order valence-electron chi connectivity index (χ3n) is 4.95. The fourth-order valence-corrected chi connectivity index (χ4v) is 3.39. The number of rotatable bonds is 4. The zero-order valence-electron chi connectivity index (χ0n) is 15.5. The molecule has 1 aromatic heterocycles. The summed E-state index contributed by atoms with van der Waals surface area (Å²) in [5.41, 5.74) is 2.34. The SMILES string of the molecule is CN=C(NCc1cc2ccccc2[nH]1)NC1CN(C(C)C)CC1C.I. The minimum Gasteiger partial charge on any atom is -0.357 e. The standard InChI is InChI=1S/C19H29N5.HI/c1-13(2)24-11-14(3)18(12-24)23-19(20-4)21-10-16-9-15-7-5-6-8-17(15)22-16;/h5-9,13-14,18,22H,10-12H2,1-4H3,(H2,20,21,23);1H. The molecule has 0 bridgehead atoms. The van der Waals surface area contributed by atoms with Crippen LogP contribution in [0.2, 0.25) is 0 Å². The van der Waals surface area contributed by atoms with Crippen LogP contribution in [-0.2, 0) is 6.54 Å². The van der Waals surface area contributed by atoms with E-state index in [0.29, 0.717) is 18.0 Å². The van der Waals surface area contributed by atoms with E-state index in [1.165, 1.54) is 16.6 Å². The quantitative estimate of drug-likeness (QED) is 0.377. The maximum atomic E-state index is 4.39. The van der Waals surface area contributed by atoms with Crippen LogP contribution in [0.5, 0.6) is 0 Å². The Balaban J connectivity index is 0.00000225. The van der Waals surface area contributed by atoms with Crippen molar-refractivity contribution in [3.8, 4) is 0 Å². The molecule has 2 aromatic rings. The van der Waals surface area contributed by atoms with Gasteiger partial charge in [0, 0.05) is 43.4 Å². The van der Waals surface area contributed by atoms with Crippen LogP contribution in [0, 0.1) is 5.92 Å². The van der Waals surface area contributed by atoms with E-state index in [1.54, 1.807) is 0 Å². The second kappa shape index (κ2) is 8.89. The van der Waals surface area contributed by atoms with E-state index in [4.69, 9.17) is 0 Å². The third-order valence-corrected chi connectivity index (χ3v) is 4.95. The molecule has 1 saturated heterocycles. The molecule has 2 heterocycles. The van der Waals surface area contributed by atoms with Gasteiger partial charge in [0.1, 0.15) is 0 Å². The Labute approximate surface area is 167 Å². The van der Waals surface area contributed by atoms with Gasteiger partial charge in [-0.25, -0.2) is 0 Å². The molecule has 1 aromatic carbocycles. The van der Waals surface area contributed by atoms with Crippen LogP contribution in [0.1, 0.15) is 26.5 Å². The monoisotopic (exact) mass is 455 g/mol. The number of nitrogens with zero attached hydrogens (tertiary/aromatic N) is 2. The molecular weight excluding hydrogens is 425 g/mol. The fraction of sp³-hybridized carbons (Fsp3) is 0.526. The van der Waals surface area contributed by atoms with E-state index in [-0.39, 0.29) is 24.0 Å². The molecule has 6 heteroatoms. The number of aromatic amines is 1. The zero-order valence-corrected chi connectivity index (χ0v) is 17.9. The average Bonchev–Trinajstić information content (AvgIpc) is 3.14. The van der Waals surface area contributed by atoms with E-state index in [0.717, 1.165) is 25.6 Å². The van der Waals surface area contributed by atoms with Crippen molar-refractivity contribution < 1.29 is 0 Å². The van der Waals surface area contributed by atoms with E-state index >= 15 is 0 Å². The van der Waals surface area contributed by atoms with E-state index in [9.17, 15) is 0 Å². The van der Waals surface area contributed by atoms with E-state index < -0.39 is 0 Å². The number of likely N-dealkylation sites (tertiary alicyclic amines) is 1. The van der Waals surface area contributed by atoms with Crippen molar-refractivity contribution in [3.63, 3.8) is 0 Å². The number of benzene rings is 1. The molecule has 0 aliphatic carbocycles. The van der Waals surface area contributed by atoms with E-state index in [1.807, 2.05) is 7.05 Å². The summed E-state index contributed by atoms with van der Waals surface area (Å²) in [7, 11) is 1.83. The van der Waals surface area contributed by atoms with Gasteiger partial charge in [0.05, 0.1) is 6.54 Å². The fourth-order valence-electron chi connectivity index (χ4n) is 3.39. The topological polar surface area (TPSA) is 55.5 Å². The Morgan fingerprint density at radius 2 is 2.08 bits per heavy atom. The Morgan fingerprint density at radius 1 is 1.32 bits per heavy atom. The molecule has 5 nitrogen and oxygen atoms in total. The van der Waals surface area contributed by atoms with Crippen LogP contribution in [0.25, 0.3) is 10.9 Å². The van der Waals surface area contributed by atoms with Gasteiger partial charge in [-0.3, -0.25) is 9.89 Å². The van der Waals surface area contributed by atoms with Crippen molar-refractivity contribution in [2.75, 3.05) is 20.1 Å². The molecule has 2 unspecified atom stereocenters. The summed E-state index contributed by atoms with van der Waals surface area (Å²) < 4.78 is 0. The molecule has 138 valence electrons. The second-order valence-electron chi connectivity index (χ2n) is 7.08. The normalized spacial score (nSPS) is 21.6. The van der Waals surface area contributed by atoms with Gasteiger partial charge < -0.3 is 15.6 Å². The molecule has 0 saturated carbocycles. The Morgan fingerprint density at radius 3 is 2.72 bits per heavy atom. The van der Waals surface area contributed by atoms with Gasteiger partial charge in [0.25, 0.3) is 0 Å². The molecule has 3 rings (SSSR count). The predicted molar refractivity (Wildman–Crippen MR) is 117 cm³/mol. The number of hydrogen-bond donors (Lipinski definition) is 3. The van der Waals surface area contributed by atoms with Gasteiger partial charge in [-0.05, 0) is 37.3 Å². The molecule has 0 amide bonds. The van der Waals surface area contributed by atoms with Crippen molar-refractivity contribution in [1.29, 1.82) is 0 Å². The molecule has 1 aliphatic heterocycles. The summed E-state index contributed by atoms with van der Waals surface area (Å²) in [6.45, 7) is 9.80. The van der Waals surface area contributed by atoms with Crippen molar-refractivity contribution >= 4 is 40.8 Å². The molecular formula is C19H30IN5. The van der Waals surface area contributed by atoms with Gasteiger partial charge in [0.2, 0.25) is 0 Å². The highest BCUT2D eigenvalue weighted by Gasteiger charge is 2.31. The van der Waals surface area contributed by atoms with Crippen LogP contribution < -0.4 is 10.6 Å². The summed E-state index contributed by atoms with van der Waals surface area (Å²) in [5, 5.41) is 8.26. The molecule has 2 atom stereocenters. The molecule has 1 fully saturated rings. The average molecular weight is 455 g/mol. The van der Waals surface area contributed by atoms with Gasteiger partial charge in [0.15, 0.2) is 5.96 Å². The maximum Gasteiger partial charge on any atom is 0.191 e. The molecule has 25 heavy (non-hydrogen) atoms. The highest BCUT2D eigenvalue weighted by Crippen LogP contribution is 2.18. The molecule has 3 N–H and O–H groups in total. The minimum absolute atomic E-state index is 0. The smallest absolute Gasteiger partial charge is 0.191 e. The van der Waals surface area contributed by atoms with E-state index in [2.05, 4.69) is 76.6 Å². The van der Waals surface area contributed by atoms with Gasteiger partial charge >= 0.3 is 0 Å². The summed E-state index contributed by atoms with van der Waals surface area (Å²) >= 11 is 0. The number of nitrogens with one attached hydrogen (secondary N) is 3. The first-order valence-electron chi connectivity index (χ1n) is 8.84. The number of hydrogen-bond acceptors (Lipinski definition) is 2. The van der Waals surface area contributed by atoms with Crippen molar-refractivity contribution in [2.24, 2.45) is 10.9 Å². The highest BCUT2D eigenvalue weighted by atomic mass is 127. The number of halogens is 1. The molecule has 0 spiro atoms. The molecule has 0 radical (unpaired) electrons. The second-order valence-corrected chi connectivity index (χ2v) is 7.08. The highest BCUT2D eigenvalue weighted by molar-refractivity contribution is 14.0. The minimum atomic E-state index is 0. The van der Waals surface area contributed by atoms with Crippen LogP contribution >= 0.6 is 24.0 Å². The predicted octanol–water partition coefficient (Wildman–Crippen LogP) is 3.18. The first kappa shape index (κ1) is 20.0. The summed E-state index contributed by atoms with van der Waals surface area (Å²) in [4.78, 5) is 10.4. The summed E-state index contributed by atoms with van der Waals surface area (Å²) in [6, 6.07) is 11.6. The number of para-hydroxylation sites is 1.